The molecule has 2 heterocycles. The third-order valence-electron chi connectivity index (χ3n) is 5.09. The zero-order valence-electron chi connectivity index (χ0n) is 13.7. The zero-order valence-corrected chi connectivity index (χ0v) is 13.7. The van der Waals surface area contributed by atoms with Crippen LogP contribution in [0, 0.1) is 5.92 Å². The average molecular weight is 313 g/mol. The van der Waals surface area contributed by atoms with E-state index in [9.17, 15) is 4.79 Å². The van der Waals surface area contributed by atoms with Gasteiger partial charge in [-0.25, -0.2) is 4.98 Å². The Morgan fingerprint density at radius 3 is 3.00 bits per heavy atom. The molecule has 2 aliphatic rings. The molecule has 122 valence electrons. The molecule has 1 aliphatic heterocycles. The third kappa shape index (κ3) is 2.43. The molecule has 1 aromatic heterocycles. The van der Waals surface area contributed by atoms with Crippen molar-refractivity contribution >= 4 is 16.9 Å². The van der Waals surface area contributed by atoms with Gasteiger partial charge in [-0.05, 0) is 38.3 Å². The van der Waals surface area contributed by atoms with Crippen molar-refractivity contribution < 1.29 is 9.53 Å². The lowest BCUT2D eigenvalue weighted by Crippen LogP contribution is -2.34. The van der Waals surface area contributed by atoms with Crippen LogP contribution in [0.2, 0.25) is 0 Å². The summed E-state index contributed by atoms with van der Waals surface area (Å²) in [6.45, 7) is 3.50. The Bertz CT molecular complexity index is 739. The molecule has 1 saturated heterocycles. The van der Waals surface area contributed by atoms with E-state index in [-0.39, 0.29) is 24.0 Å². The number of imidazole rings is 1. The lowest BCUT2D eigenvalue weighted by Gasteiger charge is -2.24. The molecule has 2 fully saturated rings. The van der Waals surface area contributed by atoms with Gasteiger partial charge in [0.05, 0.1) is 29.1 Å². The van der Waals surface area contributed by atoms with Crippen LogP contribution in [0.25, 0.3) is 11.0 Å². The number of rotatable bonds is 4. The number of carbonyl (C=O) groups excluding carboxylic acids is 1. The first kappa shape index (κ1) is 14.7. The van der Waals surface area contributed by atoms with Gasteiger partial charge in [0, 0.05) is 20.2 Å². The number of aryl methyl sites for hydroxylation is 1. The van der Waals surface area contributed by atoms with E-state index in [4.69, 9.17) is 9.72 Å². The summed E-state index contributed by atoms with van der Waals surface area (Å²) in [6, 6.07) is 8.25. The molecular weight excluding hydrogens is 290 g/mol. The van der Waals surface area contributed by atoms with E-state index in [0.717, 1.165) is 42.7 Å². The van der Waals surface area contributed by atoms with E-state index in [1.165, 1.54) is 0 Å². The minimum atomic E-state index is 0.0604. The Morgan fingerprint density at radius 1 is 1.39 bits per heavy atom. The van der Waals surface area contributed by atoms with Gasteiger partial charge in [-0.15, -0.1) is 0 Å². The summed E-state index contributed by atoms with van der Waals surface area (Å²) >= 11 is 0. The van der Waals surface area contributed by atoms with E-state index in [1.807, 2.05) is 37.1 Å². The second-order valence-corrected chi connectivity index (χ2v) is 6.54. The zero-order chi connectivity index (χ0) is 16.0. The minimum Gasteiger partial charge on any atom is -0.378 e. The molecule has 0 bridgehead atoms. The highest BCUT2D eigenvalue weighted by Gasteiger charge is 2.48. The Morgan fingerprint density at radius 2 is 2.22 bits per heavy atom. The molecule has 0 N–H and O–H groups in total. The molecule has 0 radical (unpaired) electrons. The van der Waals surface area contributed by atoms with E-state index < -0.39 is 0 Å². The number of para-hydroxylation sites is 2. The van der Waals surface area contributed by atoms with Crippen molar-refractivity contribution in [3.8, 4) is 0 Å². The van der Waals surface area contributed by atoms with Crippen molar-refractivity contribution in [3.63, 3.8) is 0 Å². The summed E-state index contributed by atoms with van der Waals surface area (Å²) in [4.78, 5) is 19.6. The fourth-order valence-corrected chi connectivity index (χ4v) is 3.80. The highest BCUT2D eigenvalue weighted by molar-refractivity contribution is 5.83. The molecule has 5 nitrogen and oxygen atoms in total. The van der Waals surface area contributed by atoms with Crippen LogP contribution in [0.1, 0.15) is 38.1 Å². The van der Waals surface area contributed by atoms with Crippen LogP contribution in [0.3, 0.4) is 0 Å². The van der Waals surface area contributed by atoms with Crippen LogP contribution in [0.4, 0.5) is 0 Å². The fraction of sp³-hybridized carbons (Fsp3) is 0.556. The SMILES string of the molecule is CCO[C@@H]1C[C@@H]1C(=O)N1CCC[C@@H]1c1nc2ccccc2n1C. The quantitative estimate of drug-likeness (QED) is 0.872. The van der Waals surface area contributed by atoms with Gasteiger partial charge >= 0.3 is 0 Å². The van der Waals surface area contributed by atoms with Crippen LogP contribution in [-0.2, 0) is 16.6 Å². The van der Waals surface area contributed by atoms with Gasteiger partial charge in [0.25, 0.3) is 0 Å². The Kier molecular flexibility index (Phi) is 3.60. The van der Waals surface area contributed by atoms with Crippen LogP contribution in [-0.4, -0.2) is 39.6 Å². The van der Waals surface area contributed by atoms with Crippen molar-refractivity contribution in [2.75, 3.05) is 13.2 Å². The van der Waals surface area contributed by atoms with Gasteiger partial charge in [0.1, 0.15) is 5.82 Å². The van der Waals surface area contributed by atoms with E-state index in [2.05, 4.69) is 10.6 Å². The van der Waals surface area contributed by atoms with E-state index in [1.54, 1.807) is 0 Å². The lowest BCUT2D eigenvalue weighted by atomic mass is 10.2. The van der Waals surface area contributed by atoms with Crippen molar-refractivity contribution in [3.05, 3.63) is 30.1 Å². The number of likely N-dealkylation sites (tertiary alicyclic amines) is 1. The smallest absolute Gasteiger partial charge is 0.229 e. The van der Waals surface area contributed by atoms with Crippen molar-refractivity contribution in [2.24, 2.45) is 13.0 Å². The van der Waals surface area contributed by atoms with Gasteiger partial charge in [-0.3, -0.25) is 4.79 Å². The van der Waals surface area contributed by atoms with Gasteiger partial charge in [-0.2, -0.15) is 0 Å². The number of carbonyl (C=O) groups is 1. The molecule has 3 atom stereocenters. The second-order valence-electron chi connectivity index (χ2n) is 6.54. The van der Waals surface area contributed by atoms with Gasteiger partial charge in [-0.1, -0.05) is 12.1 Å². The topological polar surface area (TPSA) is 47.4 Å². The molecule has 0 unspecified atom stereocenters. The fourth-order valence-electron chi connectivity index (χ4n) is 3.80. The molecule has 0 spiro atoms. The molecule has 1 amide bonds. The summed E-state index contributed by atoms with van der Waals surface area (Å²) in [6.07, 6.45) is 3.05. The first-order chi connectivity index (χ1) is 11.2. The predicted molar refractivity (Wildman–Crippen MR) is 87.9 cm³/mol. The number of hydrogen-bond acceptors (Lipinski definition) is 3. The number of amides is 1. The number of ether oxygens (including phenoxy) is 1. The molecule has 2 aromatic rings. The van der Waals surface area contributed by atoms with Crippen LogP contribution in [0.15, 0.2) is 24.3 Å². The predicted octanol–water partition coefficient (Wildman–Crippen LogP) is 2.66. The third-order valence-corrected chi connectivity index (χ3v) is 5.09. The number of fused-ring (bicyclic) bond motifs is 1. The van der Waals surface area contributed by atoms with E-state index in [0.29, 0.717) is 6.61 Å². The van der Waals surface area contributed by atoms with Gasteiger partial charge < -0.3 is 14.2 Å². The van der Waals surface area contributed by atoms with Crippen molar-refractivity contribution in [1.82, 2.24) is 14.5 Å². The van der Waals surface area contributed by atoms with Crippen molar-refractivity contribution in [1.29, 1.82) is 0 Å². The maximum Gasteiger partial charge on any atom is 0.229 e. The highest BCUT2D eigenvalue weighted by Crippen LogP contribution is 2.40. The summed E-state index contributed by atoms with van der Waals surface area (Å²) in [5, 5.41) is 0. The average Bonchev–Trinajstić information content (AvgIpc) is 3.03. The standard InChI is InChI=1S/C18H23N3O2/c1-3-23-16-11-12(16)18(22)21-10-6-9-15(21)17-19-13-7-4-5-8-14(13)20(17)2/h4-5,7-8,12,15-16H,3,6,9-11H2,1-2H3/t12-,15+,16+/m0/s1. The number of aromatic nitrogens is 2. The molecule has 4 rings (SSSR count). The normalized spacial score (nSPS) is 26.9. The summed E-state index contributed by atoms with van der Waals surface area (Å²) in [7, 11) is 2.05. The van der Waals surface area contributed by atoms with Crippen LogP contribution >= 0.6 is 0 Å². The highest BCUT2D eigenvalue weighted by atomic mass is 16.5. The maximum absolute atomic E-state index is 12.8. The Balaban J connectivity index is 1.60. The maximum atomic E-state index is 12.8. The van der Waals surface area contributed by atoms with Gasteiger partial charge in [0.2, 0.25) is 5.91 Å². The molecule has 1 aliphatic carbocycles. The Labute approximate surface area is 136 Å². The molecule has 1 aromatic carbocycles. The Hall–Kier alpha value is -1.88. The molecule has 5 heteroatoms. The summed E-state index contributed by atoms with van der Waals surface area (Å²) in [5.74, 6) is 1.31. The monoisotopic (exact) mass is 313 g/mol. The van der Waals surface area contributed by atoms with E-state index >= 15 is 0 Å². The lowest BCUT2D eigenvalue weighted by molar-refractivity contribution is -0.134. The molecule has 23 heavy (non-hydrogen) atoms. The van der Waals surface area contributed by atoms with Gasteiger partial charge in [0.15, 0.2) is 0 Å². The molecular formula is C18H23N3O2. The second kappa shape index (κ2) is 5.64. The minimum absolute atomic E-state index is 0.0604. The van der Waals surface area contributed by atoms with Crippen LogP contribution in [0.5, 0.6) is 0 Å². The summed E-state index contributed by atoms with van der Waals surface area (Å²) in [5.41, 5.74) is 2.13. The number of nitrogens with zero attached hydrogens (tertiary/aromatic N) is 3. The first-order valence-corrected chi connectivity index (χ1v) is 8.54. The number of benzene rings is 1. The number of hydrogen-bond donors (Lipinski definition) is 0. The van der Waals surface area contributed by atoms with Crippen molar-refractivity contribution in [2.45, 2.75) is 38.3 Å². The van der Waals surface area contributed by atoms with Crippen LogP contribution < -0.4 is 0 Å². The molecule has 1 saturated carbocycles. The summed E-state index contributed by atoms with van der Waals surface area (Å²) < 4.78 is 7.73. The first-order valence-electron chi connectivity index (χ1n) is 8.54. The largest absolute Gasteiger partial charge is 0.378 e.